The summed E-state index contributed by atoms with van der Waals surface area (Å²) in [6.07, 6.45) is 9.24. The van der Waals surface area contributed by atoms with Crippen molar-refractivity contribution >= 4 is 15.9 Å². The maximum absolute atomic E-state index is 12.9. The monoisotopic (exact) mass is 452 g/mol. The number of amides is 1. The number of sulfonamides is 1. The molecule has 1 aromatic heterocycles. The van der Waals surface area contributed by atoms with E-state index in [2.05, 4.69) is 10.3 Å². The number of nitrogens with one attached hydrogen (secondary N) is 1. The van der Waals surface area contributed by atoms with Crippen molar-refractivity contribution in [2.45, 2.75) is 43.5 Å². The standard InChI is InChI=1S/C24H28N4O3S/c1-19(20-6-10-22(11-7-20)27-17-14-25-18-27)26-24(29)21-8-12-23(13-9-21)32(30,31)28-15-4-2-3-5-16-28/h6-14,17-19H,2-5,15-16H2,1H3,(H,26,29)/t19-/m0/s1. The van der Waals surface area contributed by atoms with Gasteiger partial charge < -0.3 is 9.88 Å². The normalized spacial score (nSPS) is 16.3. The summed E-state index contributed by atoms with van der Waals surface area (Å²) in [5, 5.41) is 2.98. The van der Waals surface area contributed by atoms with Gasteiger partial charge in [-0.1, -0.05) is 25.0 Å². The van der Waals surface area contributed by atoms with E-state index in [1.165, 1.54) is 12.1 Å². The summed E-state index contributed by atoms with van der Waals surface area (Å²) in [5.41, 5.74) is 2.40. The zero-order valence-corrected chi connectivity index (χ0v) is 19.0. The van der Waals surface area contributed by atoms with E-state index in [-0.39, 0.29) is 16.8 Å². The second kappa shape index (κ2) is 9.67. The fraction of sp³-hybridized carbons (Fsp3) is 0.333. The molecule has 168 valence electrons. The van der Waals surface area contributed by atoms with Crippen LogP contribution in [0.4, 0.5) is 0 Å². The van der Waals surface area contributed by atoms with Crippen LogP contribution < -0.4 is 5.32 Å². The van der Waals surface area contributed by atoms with E-state index in [0.29, 0.717) is 18.7 Å². The lowest BCUT2D eigenvalue weighted by Gasteiger charge is -2.20. The second-order valence-corrected chi connectivity index (χ2v) is 10.0. The second-order valence-electron chi connectivity index (χ2n) is 8.10. The number of rotatable bonds is 6. The minimum atomic E-state index is -3.52. The van der Waals surface area contributed by atoms with E-state index in [4.69, 9.17) is 0 Å². The molecular weight excluding hydrogens is 424 g/mol. The van der Waals surface area contributed by atoms with Crippen LogP contribution in [0.25, 0.3) is 5.69 Å². The molecule has 2 heterocycles. The number of carbonyl (C=O) groups is 1. The number of nitrogens with zero attached hydrogens (tertiary/aromatic N) is 3. The molecule has 1 amide bonds. The van der Waals surface area contributed by atoms with Gasteiger partial charge in [0, 0.05) is 36.7 Å². The highest BCUT2D eigenvalue weighted by atomic mass is 32.2. The predicted octanol–water partition coefficient (Wildman–Crippen LogP) is 3.93. The maximum atomic E-state index is 12.9. The molecule has 32 heavy (non-hydrogen) atoms. The lowest BCUT2D eigenvalue weighted by Crippen LogP contribution is -2.32. The molecule has 3 aromatic rings. The van der Waals surface area contributed by atoms with Crippen LogP contribution in [0.1, 0.15) is 54.6 Å². The van der Waals surface area contributed by atoms with Gasteiger partial charge in [-0.2, -0.15) is 4.31 Å². The van der Waals surface area contributed by atoms with E-state index in [1.807, 2.05) is 42.0 Å². The third-order valence-corrected chi connectivity index (χ3v) is 7.78. The molecule has 0 saturated carbocycles. The Bertz CT molecular complexity index is 1130. The van der Waals surface area contributed by atoms with E-state index in [1.54, 1.807) is 29.0 Å². The van der Waals surface area contributed by atoms with Crippen molar-refractivity contribution in [3.8, 4) is 5.69 Å². The van der Waals surface area contributed by atoms with Gasteiger partial charge in [0.2, 0.25) is 10.0 Å². The van der Waals surface area contributed by atoms with Gasteiger partial charge in [0.25, 0.3) is 5.91 Å². The fourth-order valence-electron chi connectivity index (χ4n) is 3.92. The average molecular weight is 453 g/mol. The lowest BCUT2D eigenvalue weighted by molar-refractivity contribution is 0.0939. The first-order valence-corrected chi connectivity index (χ1v) is 12.4. The summed E-state index contributed by atoms with van der Waals surface area (Å²) in [6.45, 7) is 3.03. The van der Waals surface area contributed by atoms with Crippen LogP contribution in [0, 0.1) is 0 Å². The van der Waals surface area contributed by atoms with Gasteiger partial charge in [0.05, 0.1) is 17.3 Å². The van der Waals surface area contributed by atoms with Crippen LogP contribution >= 0.6 is 0 Å². The number of benzene rings is 2. The average Bonchev–Trinajstić information content (AvgIpc) is 3.20. The molecule has 1 atom stereocenters. The predicted molar refractivity (Wildman–Crippen MR) is 123 cm³/mol. The van der Waals surface area contributed by atoms with Crippen LogP contribution in [-0.4, -0.2) is 41.3 Å². The highest BCUT2D eigenvalue weighted by Crippen LogP contribution is 2.21. The zero-order valence-electron chi connectivity index (χ0n) is 18.1. The van der Waals surface area contributed by atoms with E-state index < -0.39 is 10.0 Å². The summed E-state index contributed by atoms with van der Waals surface area (Å²) < 4.78 is 29.3. The van der Waals surface area contributed by atoms with Gasteiger partial charge >= 0.3 is 0 Å². The zero-order chi connectivity index (χ0) is 22.6. The molecule has 0 unspecified atom stereocenters. The van der Waals surface area contributed by atoms with Crippen molar-refractivity contribution in [3.05, 3.63) is 78.4 Å². The molecular formula is C24H28N4O3S. The topological polar surface area (TPSA) is 84.3 Å². The molecule has 0 radical (unpaired) electrons. The summed E-state index contributed by atoms with van der Waals surface area (Å²) in [7, 11) is -3.52. The van der Waals surface area contributed by atoms with Gasteiger partial charge in [0.1, 0.15) is 0 Å². The quantitative estimate of drug-likeness (QED) is 0.614. The van der Waals surface area contributed by atoms with Crippen molar-refractivity contribution in [1.82, 2.24) is 19.2 Å². The van der Waals surface area contributed by atoms with E-state index >= 15 is 0 Å². The van der Waals surface area contributed by atoms with Gasteiger partial charge in [0.15, 0.2) is 0 Å². The van der Waals surface area contributed by atoms with Crippen molar-refractivity contribution < 1.29 is 13.2 Å². The molecule has 7 nitrogen and oxygen atoms in total. The van der Waals surface area contributed by atoms with Crippen LogP contribution in [-0.2, 0) is 10.0 Å². The fourth-order valence-corrected chi connectivity index (χ4v) is 5.44. The molecule has 8 heteroatoms. The third kappa shape index (κ3) is 4.92. The van der Waals surface area contributed by atoms with Crippen LogP contribution in [0.15, 0.2) is 72.1 Å². The number of imidazole rings is 1. The van der Waals surface area contributed by atoms with Crippen LogP contribution in [0.3, 0.4) is 0 Å². The first kappa shape index (κ1) is 22.2. The first-order chi connectivity index (χ1) is 15.4. The number of carbonyl (C=O) groups excluding carboxylic acids is 1. The van der Waals surface area contributed by atoms with Crippen molar-refractivity contribution in [1.29, 1.82) is 0 Å². The van der Waals surface area contributed by atoms with Gasteiger partial charge in [-0.3, -0.25) is 4.79 Å². The Morgan fingerprint density at radius 3 is 2.22 bits per heavy atom. The molecule has 1 aliphatic heterocycles. The molecule has 1 N–H and O–H groups in total. The molecule has 0 aliphatic carbocycles. The molecule has 2 aromatic carbocycles. The summed E-state index contributed by atoms with van der Waals surface area (Å²) in [4.78, 5) is 17.0. The van der Waals surface area contributed by atoms with Gasteiger partial charge in [-0.15, -0.1) is 0 Å². The molecule has 1 saturated heterocycles. The largest absolute Gasteiger partial charge is 0.346 e. The Kier molecular flexibility index (Phi) is 6.72. The van der Waals surface area contributed by atoms with Gasteiger partial charge in [-0.05, 0) is 61.7 Å². The Hall–Kier alpha value is -2.97. The number of hydrogen-bond acceptors (Lipinski definition) is 4. The Labute approximate surface area is 189 Å². The Morgan fingerprint density at radius 2 is 1.62 bits per heavy atom. The Balaban J connectivity index is 1.41. The van der Waals surface area contributed by atoms with Crippen LogP contribution in [0.5, 0.6) is 0 Å². The third-order valence-electron chi connectivity index (χ3n) is 5.86. The lowest BCUT2D eigenvalue weighted by atomic mass is 10.1. The highest BCUT2D eigenvalue weighted by Gasteiger charge is 2.25. The minimum absolute atomic E-state index is 0.195. The summed E-state index contributed by atoms with van der Waals surface area (Å²) >= 11 is 0. The van der Waals surface area contributed by atoms with Crippen molar-refractivity contribution in [2.75, 3.05) is 13.1 Å². The number of hydrogen-bond donors (Lipinski definition) is 1. The summed E-state index contributed by atoms with van der Waals surface area (Å²) in [6, 6.07) is 13.9. The molecule has 4 rings (SSSR count). The van der Waals surface area contributed by atoms with E-state index in [0.717, 1.165) is 36.9 Å². The molecule has 0 spiro atoms. The van der Waals surface area contributed by atoms with Crippen molar-refractivity contribution in [3.63, 3.8) is 0 Å². The van der Waals surface area contributed by atoms with E-state index in [9.17, 15) is 13.2 Å². The number of aromatic nitrogens is 2. The molecule has 1 fully saturated rings. The minimum Gasteiger partial charge on any atom is -0.346 e. The molecule has 0 bridgehead atoms. The van der Waals surface area contributed by atoms with Crippen molar-refractivity contribution in [2.24, 2.45) is 0 Å². The maximum Gasteiger partial charge on any atom is 0.251 e. The highest BCUT2D eigenvalue weighted by molar-refractivity contribution is 7.89. The SMILES string of the molecule is C[C@H](NC(=O)c1ccc(S(=O)(=O)N2CCCCCC2)cc1)c1ccc(-n2ccnc2)cc1. The smallest absolute Gasteiger partial charge is 0.251 e. The molecule has 1 aliphatic rings. The first-order valence-electron chi connectivity index (χ1n) is 10.9. The van der Waals surface area contributed by atoms with Crippen LogP contribution in [0.2, 0.25) is 0 Å². The summed E-state index contributed by atoms with van der Waals surface area (Å²) in [5.74, 6) is -0.241. The Morgan fingerprint density at radius 1 is 0.969 bits per heavy atom. The van der Waals surface area contributed by atoms with Gasteiger partial charge in [-0.25, -0.2) is 13.4 Å².